The van der Waals surface area contributed by atoms with Crippen LogP contribution < -0.4 is 5.32 Å². The van der Waals surface area contributed by atoms with Crippen LogP contribution in [0.25, 0.3) is 0 Å². The molecule has 3 rings (SSSR count). The number of hydrogen-bond acceptors (Lipinski definition) is 4. The smallest absolute Gasteiger partial charge is 0.240 e. The zero-order chi connectivity index (χ0) is 18.0. The number of amides is 2. The summed E-state index contributed by atoms with van der Waals surface area (Å²) in [6, 6.07) is 9.70. The first kappa shape index (κ1) is 17.4. The summed E-state index contributed by atoms with van der Waals surface area (Å²) in [5.41, 5.74) is 2.40. The summed E-state index contributed by atoms with van der Waals surface area (Å²) in [7, 11) is 0. The number of carbonyl (C=O) groups is 2. The Hall–Kier alpha value is -2.39. The Labute approximate surface area is 148 Å². The minimum atomic E-state index is -0.387. The average Bonchev–Trinajstić information content (AvgIpc) is 3.22. The fourth-order valence-corrected chi connectivity index (χ4v) is 3.82. The Balaban J connectivity index is 1.65. The van der Waals surface area contributed by atoms with Gasteiger partial charge in [0.25, 0.3) is 0 Å². The summed E-state index contributed by atoms with van der Waals surface area (Å²) in [5, 5.41) is 12.1. The molecule has 0 bridgehead atoms. The van der Waals surface area contributed by atoms with Crippen LogP contribution in [0.2, 0.25) is 0 Å². The summed E-state index contributed by atoms with van der Waals surface area (Å²) in [4.78, 5) is 28.9. The van der Waals surface area contributed by atoms with E-state index in [1.807, 2.05) is 36.9 Å². The normalized spacial score (nSPS) is 24.7. The summed E-state index contributed by atoms with van der Waals surface area (Å²) in [6.07, 6.45) is 0.494. The molecule has 1 saturated heterocycles. The van der Waals surface area contributed by atoms with Gasteiger partial charge in [0.15, 0.2) is 0 Å². The Morgan fingerprint density at radius 1 is 1.32 bits per heavy atom. The molecule has 6 nitrogen and oxygen atoms in total. The molecule has 3 atom stereocenters. The van der Waals surface area contributed by atoms with Crippen molar-refractivity contribution in [2.24, 2.45) is 5.92 Å². The van der Waals surface area contributed by atoms with Crippen molar-refractivity contribution in [1.29, 1.82) is 5.26 Å². The lowest BCUT2D eigenvalue weighted by molar-refractivity contribution is -0.136. The van der Waals surface area contributed by atoms with Crippen molar-refractivity contribution in [3.8, 4) is 6.07 Å². The maximum atomic E-state index is 13.0. The van der Waals surface area contributed by atoms with Gasteiger partial charge < -0.3 is 15.1 Å². The molecule has 6 heteroatoms. The number of carbonyl (C=O) groups excluding carboxylic acids is 2. The van der Waals surface area contributed by atoms with Gasteiger partial charge in [-0.3, -0.25) is 9.59 Å². The van der Waals surface area contributed by atoms with Crippen LogP contribution in [0.1, 0.15) is 31.4 Å². The number of nitriles is 1. The lowest BCUT2D eigenvalue weighted by atomic mass is 9.98. The van der Waals surface area contributed by atoms with Crippen LogP contribution in [0.5, 0.6) is 0 Å². The minimum Gasteiger partial charge on any atom is -0.334 e. The van der Waals surface area contributed by atoms with Gasteiger partial charge in [-0.25, -0.2) is 0 Å². The van der Waals surface area contributed by atoms with Crippen molar-refractivity contribution in [3.63, 3.8) is 0 Å². The second-order valence-corrected chi connectivity index (χ2v) is 6.82. The predicted octanol–water partition coefficient (Wildman–Crippen LogP) is 1.27. The number of nitrogens with zero attached hydrogens (tertiary/aromatic N) is 3. The molecule has 0 saturated carbocycles. The van der Waals surface area contributed by atoms with Gasteiger partial charge in [0, 0.05) is 25.7 Å². The highest BCUT2D eigenvalue weighted by Gasteiger charge is 2.42. The van der Waals surface area contributed by atoms with Crippen molar-refractivity contribution in [2.45, 2.75) is 45.4 Å². The SMILES string of the molecule is CCN(CC#N)C(=O)[C@@H]1C[C@H](C(=O)N2Cc3ccccc3C2)[C@H](C)N1. The van der Waals surface area contributed by atoms with E-state index in [4.69, 9.17) is 5.26 Å². The summed E-state index contributed by atoms with van der Waals surface area (Å²) < 4.78 is 0. The summed E-state index contributed by atoms with van der Waals surface area (Å²) in [5.74, 6) is -0.185. The molecule has 0 unspecified atom stereocenters. The first-order chi connectivity index (χ1) is 12.0. The zero-order valence-electron chi connectivity index (χ0n) is 14.7. The number of likely N-dealkylation sites (N-methyl/N-ethyl adjacent to an activating group) is 1. The van der Waals surface area contributed by atoms with Crippen LogP contribution in [0, 0.1) is 17.2 Å². The number of fused-ring (bicyclic) bond motifs is 1. The molecule has 2 aliphatic rings. The molecule has 2 aliphatic heterocycles. The van der Waals surface area contributed by atoms with Gasteiger partial charge >= 0.3 is 0 Å². The van der Waals surface area contributed by atoms with E-state index in [-0.39, 0.29) is 36.4 Å². The van der Waals surface area contributed by atoms with Gasteiger partial charge in [-0.2, -0.15) is 5.26 Å². The predicted molar refractivity (Wildman–Crippen MR) is 93.1 cm³/mol. The third kappa shape index (κ3) is 3.38. The monoisotopic (exact) mass is 340 g/mol. The van der Waals surface area contributed by atoms with Crippen LogP contribution >= 0.6 is 0 Å². The second kappa shape index (κ2) is 7.24. The van der Waals surface area contributed by atoms with Gasteiger partial charge in [-0.15, -0.1) is 0 Å². The van der Waals surface area contributed by atoms with Crippen LogP contribution in [0.15, 0.2) is 24.3 Å². The van der Waals surface area contributed by atoms with Gasteiger partial charge in [-0.1, -0.05) is 24.3 Å². The highest BCUT2D eigenvalue weighted by Crippen LogP contribution is 2.29. The van der Waals surface area contributed by atoms with E-state index in [0.717, 1.165) is 0 Å². The fourth-order valence-electron chi connectivity index (χ4n) is 3.82. The van der Waals surface area contributed by atoms with Crippen LogP contribution in [0.3, 0.4) is 0 Å². The fraction of sp³-hybridized carbons (Fsp3) is 0.526. The van der Waals surface area contributed by atoms with Crippen molar-refractivity contribution < 1.29 is 9.59 Å². The lowest BCUT2D eigenvalue weighted by Crippen LogP contribution is -2.45. The molecule has 132 valence electrons. The summed E-state index contributed by atoms with van der Waals surface area (Å²) >= 11 is 0. The number of hydrogen-bond donors (Lipinski definition) is 1. The first-order valence-electron chi connectivity index (χ1n) is 8.82. The Bertz CT molecular complexity index is 687. The number of rotatable bonds is 4. The maximum Gasteiger partial charge on any atom is 0.240 e. The van der Waals surface area contributed by atoms with Gasteiger partial charge in [-0.05, 0) is 31.4 Å². The highest BCUT2D eigenvalue weighted by atomic mass is 16.2. The topological polar surface area (TPSA) is 76.4 Å². The highest BCUT2D eigenvalue weighted by molar-refractivity contribution is 5.86. The summed E-state index contributed by atoms with van der Waals surface area (Å²) in [6.45, 7) is 5.69. The van der Waals surface area contributed by atoms with Crippen LogP contribution in [0.4, 0.5) is 0 Å². The van der Waals surface area contributed by atoms with E-state index < -0.39 is 0 Å². The van der Waals surface area contributed by atoms with Crippen molar-refractivity contribution >= 4 is 11.8 Å². The van der Waals surface area contributed by atoms with E-state index in [1.54, 1.807) is 0 Å². The van der Waals surface area contributed by atoms with E-state index in [1.165, 1.54) is 16.0 Å². The van der Waals surface area contributed by atoms with Gasteiger partial charge in [0.05, 0.1) is 18.0 Å². The van der Waals surface area contributed by atoms with Crippen LogP contribution in [-0.4, -0.2) is 46.8 Å². The maximum absolute atomic E-state index is 13.0. The largest absolute Gasteiger partial charge is 0.334 e. The molecule has 2 amide bonds. The van der Waals surface area contributed by atoms with Crippen molar-refractivity contribution in [1.82, 2.24) is 15.1 Å². The van der Waals surface area contributed by atoms with E-state index in [0.29, 0.717) is 26.1 Å². The third-order valence-corrected chi connectivity index (χ3v) is 5.28. The van der Waals surface area contributed by atoms with Crippen LogP contribution in [-0.2, 0) is 22.7 Å². The first-order valence-corrected chi connectivity index (χ1v) is 8.82. The Kier molecular flexibility index (Phi) is 5.05. The molecule has 0 spiro atoms. The Morgan fingerprint density at radius 3 is 2.52 bits per heavy atom. The number of nitrogens with one attached hydrogen (secondary N) is 1. The quantitative estimate of drug-likeness (QED) is 0.838. The molecule has 25 heavy (non-hydrogen) atoms. The Morgan fingerprint density at radius 2 is 1.96 bits per heavy atom. The third-order valence-electron chi connectivity index (χ3n) is 5.28. The standard InChI is InChI=1S/C19H24N4O2/c1-3-22(9-8-20)19(25)17-10-16(13(2)21-17)18(24)23-11-14-6-4-5-7-15(14)12-23/h4-7,13,16-17,21H,3,9-12H2,1-2H3/t13-,16-,17-/m0/s1. The molecular formula is C19H24N4O2. The zero-order valence-corrected chi connectivity index (χ0v) is 14.7. The second-order valence-electron chi connectivity index (χ2n) is 6.82. The molecule has 1 fully saturated rings. The molecule has 1 aromatic carbocycles. The van der Waals surface area contributed by atoms with Crippen molar-refractivity contribution in [3.05, 3.63) is 35.4 Å². The molecule has 2 heterocycles. The minimum absolute atomic E-state index is 0.0500. The molecule has 0 radical (unpaired) electrons. The van der Waals surface area contributed by atoms with E-state index in [9.17, 15) is 9.59 Å². The number of benzene rings is 1. The average molecular weight is 340 g/mol. The van der Waals surface area contributed by atoms with Gasteiger partial charge in [0.1, 0.15) is 6.54 Å². The van der Waals surface area contributed by atoms with Crippen molar-refractivity contribution in [2.75, 3.05) is 13.1 Å². The molecule has 0 aliphatic carbocycles. The molecule has 0 aromatic heterocycles. The lowest BCUT2D eigenvalue weighted by Gasteiger charge is -2.22. The van der Waals surface area contributed by atoms with Gasteiger partial charge in [0.2, 0.25) is 11.8 Å². The molecule has 1 aromatic rings. The molecule has 1 N–H and O–H groups in total. The van der Waals surface area contributed by atoms with E-state index in [2.05, 4.69) is 17.4 Å². The van der Waals surface area contributed by atoms with E-state index >= 15 is 0 Å². The molecular weight excluding hydrogens is 316 g/mol.